The number of carboxylic acids is 1. The van der Waals surface area contributed by atoms with Crippen LogP contribution < -0.4 is 0 Å². The summed E-state index contributed by atoms with van der Waals surface area (Å²) in [5.41, 5.74) is 4.25. The molecule has 0 radical (unpaired) electrons. The Morgan fingerprint density at radius 2 is 1.96 bits per heavy atom. The number of rotatable bonds is 4. The Morgan fingerprint density at radius 3 is 2.67 bits per heavy atom. The van der Waals surface area contributed by atoms with Crippen molar-refractivity contribution in [1.29, 1.82) is 0 Å². The first-order valence-corrected chi connectivity index (χ1v) is 8.07. The van der Waals surface area contributed by atoms with Crippen LogP contribution in [-0.2, 0) is 24.2 Å². The van der Waals surface area contributed by atoms with E-state index < -0.39 is 5.97 Å². The Bertz CT molecular complexity index is 769. The lowest BCUT2D eigenvalue weighted by Crippen LogP contribution is -2.36. The first-order valence-electron chi connectivity index (χ1n) is 8.07. The molecule has 0 bridgehead atoms. The van der Waals surface area contributed by atoms with Gasteiger partial charge in [-0.3, -0.25) is 9.78 Å². The summed E-state index contributed by atoms with van der Waals surface area (Å²) in [5.74, 6) is -0.861. The molecule has 24 heavy (non-hydrogen) atoms. The molecule has 0 aliphatic carbocycles. The van der Waals surface area contributed by atoms with Crippen LogP contribution in [-0.4, -0.2) is 33.4 Å². The van der Waals surface area contributed by atoms with Gasteiger partial charge in [0.1, 0.15) is 0 Å². The van der Waals surface area contributed by atoms with Gasteiger partial charge in [-0.2, -0.15) is 0 Å². The van der Waals surface area contributed by atoms with Crippen LogP contribution in [0.4, 0.5) is 0 Å². The van der Waals surface area contributed by atoms with Gasteiger partial charge in [-0.05, 0) is 36.5 Å². The molecule has 1 aromatic carbocycles. The van der Waals surface area contributed by atoms with Crippen molar-refractivity contribution in [2.24, 2.45) is 0 Å². The van der Waals surface area contributed by atoms with E-state index in [0.29, 0.717) is 25.9 Å². The third-order valence-electron chi connectivity index (χ3n) is 4.47. The molecule has 1 aliphatic rings. The molecular weight excluding hydrogens is 304 g/mol. The van der Waals surface area contributed by atoms with Crippen LogP contribution in [0.5, 0.6) is 0 Å². The summed E-state index contributed by atoms with van der Waals surface area (Å²) in [5, 5.41) is 9.23. The van der Waals surface area contributed by atoms with E-state index in [1.807, 2.05) is 6.92 Å². The summed E-state index contributed by atoms with van der Waals surface area (Å²) in [6.45, 7) is 3.04. The topological polar surface area (TPSA) is 70.5 Å². The van der Waals surface area contributed by atoms with Crippen LogP contribution in [0.3, 0.4) is 0 Å². The van der Waals surface area contributed by atoms with Gasteiger partial charge in [-0.25, -0.2) is 4.79 Å². The Kier molecular flexibility index (Phi) is 4.60. The standard InChI is InChI=1S/C19H20N2O3/c1-13-2-4-14(5-3-13)6-7-18(22)21-9-8-16-15(12-21)10-20-11-17(16)19(23)24/h2-5,10-11H,6-9,12H2,1H3,(H,23,24). The normalized spacial score (nSPS) is 13.5. The number of amides is 1. The fourth-order valence-electron chi connectivity index (χ4n) is 3.05. The monoisotopic (exact) mass is 324 g/mol. The summed E-state index contributed by atoms with van der Waals surface area (Å²) < 4.78 is 0. The zero-order valence-corrected chi connectivity index (χ0v) is 13.7. The zero-order valence-electron chi connectivity index (χ0n) is 13.7. The lowest BCUT2D eigenvalue weighted by molar-refractivity contribution is -0.132. The molecule has 0 saturated heterocycles. The molecule has 0 fully saturated rings. The van der Waals surface area contributed by atoms with Gasteiger partial charge in [0.25, 0.3) is 0 Å². The summed E-state index contributed by atoms with van der Waals surface area (Å²) >= 11 is 0. The fourth-order valence-corrected chi connectivity index (χ4v) is 3.05. The molecule has 1 aliphatic heterocycles. The Hall–Kier alpha value is -2.69. The molecule has 0 saturated carbocycles. The molecule has 5 heteroatoms. The van der Waals surface area contributed by atoms with Crippen molar-refractivity contribution in [3.63, 3.8) is 0 Å². The van der Waals surface area contributed by atoms with Gasteiger partial charge in [-0.1, -0.05) is 29.8 Å². The molecule has 0 spiro atoms. The Morgan fingerprint density at radius 1 is 1.21 bits per heavy atom. The number of hydrogen-bond acceptors (Lipinski definition) is 3. The number of benzene rings is 1. The number of carbonyl (C=O) groups is 2. The maximum Gasteiger partial charge on any atom is 0.337 e. The van der Waals surface area contributed by atoms with Gasteiger partial charge in [0.05, 0.1) is 5.56 Å². The predicted molar refractivity (Wildman–Crippen MR) is 89.8 cm³/mol. The van der Waals surface area contributed by atoms with E-state index >= 15 is 0 Å². The number of aryl methyl sites for hydroxylation is 2. The second-order valence-electron chi connectivity index (χ2n) is 6.18. The summed E-state index contributed by atoms with van der Waals surface area (Å²) in [7, 11) is 0. The summed E-state index contributed by atoms with van der Waals surface area (Å²) in [6.07, 6.45) is 4.80. The van der Waals surface area contributed by atoms with Crippen LogP contribution in [0.25, 0.3) is 0 Å². The van der Waals surface area contributed by atoms with Crippen LogP contribution >= 0.6 is 0 Å². The number of carboxylic acid groups (broad SMARTS) is 1. The minimum atomic E-state index is -0.960. The Labute approximate surface area is 140 Å². The van der Waals surface area contributed by atoms with Crippen molar-refractivity contribution in [1.82, 2.24) is 9.88 Å². The first-order chi connectivity index (χ1) is 11.5. The minimum Gasteiger partial charge on any atom is -0.478 e. The second-order valence-corrected chi connectivity index (χ2v) is 6.18. The van der Waals surface area contributed by atoms with E-state index in [0.717, 1.165) is 23.1 Å². The number of hydrogen-bond donors (Lipinski definition) is 1. The molecule has 3 rings (SSSR count). The first kappa shape index (κ1) is 16.2. The fraction of sp³-hybridized carbons (Fsp3) is 0.316. The third kappa shape index (κ3) is 3.45. The maximum atomic E-state index is 12.5. The van der Waals surface area contributed by atoms with Crippen molar-refractivity contribution >= 4 is 11.9 Å². The van der Waals surface area contributed by atoms with E-state index in [1.165, 1.54) is 11.8 Å². The number of nitrogens with zero attached hydrogens (tertiary/aromatic N) is 2. The van der Waals surface area contributed by atoms with Gasteiger partial charge in [0.2, 0.25) is 5.91 Å². The van der Waals surface area contributed by atoms with Gasteiger partial charge >= 0.3 is 5.97 Å². The van der Waals surface area contributed by atoms with Gasteiger partial charge < -0.3 is 10.0 Å². The van der Waals surface area contributed by atoms with Crippen molar-refractivity contribution in [3.8, 4) is 0 Å². The van der Waals surface area contributed by atoms with Crippen molar-refractivity contribution in [3.05, 3.63) is 64.5 Å². The molecule has 1 N–H and O–H groups in total. The van der Waals surface area contributed by atoms with E-state index in [1.54, 1.807) is 11.1 Å². The number of aromatic carboxylic acids is 1. The van der Waals surface area contributed by atoms with E-state index in [9.17, 15) is 14.7 Å². The lowest BCUT2D eigenvalue weighted by atomic mass is 9.96. The largest absolute Gasteiger partial charge is 0.478 e. The molecule has 1 amide bonds. The average Bonchev–Trinajstić information content (AvgIpc) is 2.59. The molecule has 2 heterocycles. The van der Waals surface area contributed by atoms with Gasteiger partial charge in [0, 0.05) is 31.9 Å². The lowest BCUT2D eigenvalue weighted by Gasteiger charge is -2.29. The van der Waals surface area contributed by atoms with E-state index in [-0.39, 0.29) is 11.5 Å². The van der Waals surface area contributed by atoms with Crippen LogP contribution in [0.2, 0.25) is 0 Å². The van der Waals surface area contributed by atoms with Crippen molar-refractivity contribution < 1.29 is 14.7 Å². The maximum absolute atomic E-state index is 12.5. The molecule has 124 valence electrons. The highest BCUT2D eigenvalue weighted by molar-refractivity contribution is 5.89. The highest BCUT2D eigenvalue weighted by Crippen LogP contribution is 2.22. The SMILES string of the molecule is Cc1ccc(CCC(=O)N2CCc3c(cncc3C(=O)O)C2)cc1. The number of pyridine rings is 1. The average molecular weight is 324 g/mol. The van der Waals surface area contributed by atoms with Crippen LogP contribution in [0.1, 0.15) is 39.0 Å². The molecule has 0 atom stereocenters. The highest BCUT2D eigenvalue weighted by Gasteiger charge is 2.24. The van der Waals surface area contributed by atoms with E-state index in [4.69, 9.17) is 0 Å². The van der Waals surface area contributed by atoms with Gasteiger partial charge in [-0.15, -0.1) is 0 Å². The number of fused-ring (bicyclic) bond motifs is 1. The smallest absolute Gasteiger partial charge is 0.337 e. The zero-order chi connectivity index (χ0) is 17.1. The minimum absolute atomic E-state index is 0.0990. The number of aromatic nitrogens is 1. The van der Waals surface area contributed by atoms with Crippen molar-refractivity contribution in [2.45, 2.75) is 32.7 Å². The molecular formula is C19H20N2O3. The second kappa shape index (κ2) is 6.83. The highest BCUT2D eigenvalue weighted by atomic mass is 16.4. The molecule has 0 unspecified atom stereocenters. The third-order valence-corrected chi connectivity index (χ3v) is 4.47. The van der Waals surface area contributed by atoms with Crippen LogP contribution in [0, 0.1) is 6.92 Å². The molecule has 5 nitrogen and oxygen atoms in total. The van der Waals surface area contributed by atoms with E-state index in [2.05, 4.69) is 29.2 Å². The predicted octanol–water partition coefficient (Wildman–Crippen LogP) is 2.61. The molecule has 2 aromatic rings. The quantitative estimate of drug-likeness (QED) is 0.938. The number of carbonyl (C=O) groups excluding carboxylic acids is 1. The van der Waals surface area contributed by atoms with Gasteiger partial charge in [0.15, 0.2) is 0 Å². The summed E-state index contributed by atoms with van der Waals surface area (Å²) in [6, 6.07) is 8.21. The summed E-state index contributed by atoms with van der Waals surface area (Å²) in [4.78, 5) is 29.5. The van der Waals surface area contributed by atoms with Crippen molar-refractivity contribution in [2.75, 3.05) is 6.54 Å². The van der Waals surface area contributed by atoms with Crippen LogP contribution in [0.15, 0.2) is 36.7 Å². The molecule has 1 aromatic heterocycles. The Balaban J connectivity index is 1.64.